The third-order valence-corrected chi connectivity index (χ3v) is 5.35. The smallest absolute Gasteiger partial charge is 0.166 e. The number of aromatic nitrogens is 2. The number of aromatic amines is 1. The van der Waals surface area contributed by atoms with Crippen LogP contribution in [0.15, 0.2) is 23.4 Å². The molecule has 1 unspecified atom stereocenters. The molecule has 0 bridgehead atoms. The number of aliphatic hydroxyl groups is 1. The van der Waals surface area contributed by atoms with E-state index in [1.54, 1.807) is 11.8 Å². The van der Waals surface area contributed by atoms with Gasteiger partial charge in [0.2, 0.25) is 0 Å². The molecule has 1 heterocycles. The summed E-state index contributed by atoms with van der Waals surface area (Å²) in [7, 11) is 1.94. The molecule has 1 aliphatic carbocycles. The van der Waals surface area contributed by atoms with Crippen LogP contribution in [-0.2, 0) is 0 Å². The van der Waals surface area contributed by atoms with E-state index in [1.807, 2.05) is 13.1 Å². The van der Waals surface area contributed by atoms with Crippen molar-refractivity contribution in [2.75, 3.05) is 19.4 Å². The molecule has 20 heavy (non-hydrogen) atoms. The van der Waals surface area contributed by atoms with Gasteiger partial charge in [0.05, 0.1) is 23.2 Å². The fraction of sp³-hybridized carbons (Fsp3) is 0.533. The van der Waals surface area contributed by atoms with Gasteiger partial charge in [-0.05, 0) is 50.4 Å². The van der Waals surface area contributed by atoms with Crippen molar-refractivity contribution in [3.63, 3.8) is 0 Å². The molecule has 0 saturated heterocycles. The van der Waals surface area contributed by atoms with E-state index >= 15 is 0 Å². The van der Waals surface area contributed by atoms with Gasteiger partial charge in [0, 0.05) is 5.75 Å². The van der Waals surface area contributed by atoms with Gasteiger partial charge in [0.1, 0.15) is 0 Å². The molecule has 0 aliphatic heterocycles. The summed E-state index contributed by atoms with van der Waals surface area (Å²) in [6.45, 7) is 2.26. The van der Waals surface area contributed by atoms with E-state index in [0.717, 1.165) is 21.9 Å². The summed E-state index contributed by atoms with van der Waals surface area (Å²) in [4.78, 5) is 7.96. The molecule has 1 fully saturated rings. The highest BCUT2D eigenvalue weighted by molar-refractivity contribution is 7.99. The zero-order valence-corrected chi connectivity index (χ0v) is 12.8. The summed E-state index contributed by atoms with van der Waals surface area (Å²) < 4.78 is 0. The van der Waals surface area contributed by atoms with Crippen molar-refractivity contribution in [3.05, 3.63) is 23.8 Å². The quantitative estimate of drug-likeness (QED) is 0.715. The van der Waals surface area contributed by atoms with Crippen molar-refractivity contribution in [1.82, 2.24) is 15.3 Å². The molecule has 0 spiro atoms. The van der Waals surface area contributed by atoms with E-state index in [1.165, 1.54) is 18.4 Å². The second-order valence-electron chi connectivity index (χ2n) is 5.69. The van der Waals surface area contributed by atoms with Crippen molar-refractivity contribution in [1.29, 1.82) is 0 Å². The lowest BCUT2D eigenvalue weighted by molar-refractivity contribution is 0.167. The number of benzene rings is 1. The van der Waals surface area contributed by atoms with Crippen molar-refractivity contribution in [2.24, 2.45) is 5.92 Å². The first-order chi connectivity index (χ1) is 9.66. The number of aryl methyl sites for hydroxylation is 1. The maximum absolute atomic E-state index is 9.73. The van der Waals surface area contributed by atoms with Crippen molar-refractivity contribution in [2.45, 2.75) is 30.5 Å². The Morgan fingerprint density at radius 3 is 2.95 bits per heavy atom. The number of hydrogen-bond donors (Lipinski definition) is 3. The minimum absolute atomic E-state index is 0.167. The standard InChI is InChI=1S/C15H21N3OS/c1-10-3-6-12-13(7-10)18-14(17-12)20-9-15(8-19,16-2)11-4-5-11/h3,6-7,11,16,19H,4-5,8-9H2,1-2H3,(H,17,18). The van der Waals surface area contributed by atoms with Gasteiger partial charge in [-0.25, -0.2) is 4.98 Å². The summed E-state index contributed by atoms with van der Waals surface area (Å²) >= 11 is 1.69. The lowest BCUT2D eigenvalue weighted by Gasteiger charge is -2.31. The van der Waals surface area contributed by atoms with Gasteiger partial charge in [-0.1, -0.05) is 17.8 Å². The molecule has 0 amide bonds. The first kappa shape index (κ1) is 13.9. The normalized spacial score (nSPS) is 18.4. The molecule has 1 atom stereocenters. The highest BCUT2D eigenvalue weighted by atomic mass is 32.2. The first-order valence-corrected chi connectivity index (χ1v) is 8.04. The van der Waals surface area contributed by atoms with E-state index in [-0.39, 0.29) is 12.1 Å². The number of hydrogen-bond acceptors (Lipinski definition) is 4. The van der Waals surface area contributed by atoms with Gasteiger partial charge in [-0.15, -0.1) is 0 Å². The minimum atomic E-state index is -0.167. The number of aliphatic hydroxyl groups excluding tert-OH is 1. The Kier molecular flexibility index (Phi) is 3.75. The number of H-pyrrole nitrogens is 1. The van der Waals surface area contributed by atoms with Gasteiger partial charge < -0.3 is 15.4 Å². The van der Waals surface area contributed by atoms with E-state index in [9.17, 15) is 5.11 Å². The highest BCUT2D eigenvalue weighted by Crippen LogP contribution is 2.41. The topological polar surface area (TPSA) is 60.9 Å². The monoisotopic (exact) mass is 291 g/mol. The van der Waals surface area contributed by atoms with Crippen LogP contribution in [0.1, 0.15) is 18.4 Å². The minimum Gasteiger partial charge on any atom is -0.394 e. The number of nitrogens with zero attached hydrogens (tertiary/aromatic N) is 1. The van der Waals surface area contributed by atoms with Gasteiger partial charge in [-0.3, -0.25) is 0 Å². The molecular weight excluding hydrogens is 270 g/mol. The van der Waals surface area contributed by atoms with E-state index < -0.39 is 0 Å². The van der Waals surface area contributed by atoms with Gasteiger partial charge in [0.15, 0.2) is 5.16 Å². The number of fused-ring (bicyclic) bond motifs is 1. The molecule has 2 aromatic rings. The van der Waals surface area contributed by atoms with Crippen LogP contribution < -0.4 is 5.32 Å². The fourth-order valence-corrected chi connectivity index (χ4v) is 3.86. The van der Waals surface area contributed by atoms with Crippen LogP contribution in [0, 0.1) is 12.8 Å². The predicted molar refractivity (Wildman–Crippen MR) is 83.2 cm³/mol. The molecule has 1 aromatic heterocycles. The van der Waals surface area contributed by atoms with Crippen molar-refractivity contribution >= 4 is 22.8 Å². The SMILES string of the molecule is CNC(CO)(CSc1nc2ccc(C)cc2[nH]1)C1CC1. The zero-order chi connectivity index (χ0) is 14.2. The molecule has 3 N–H and O–H groups in total. The van der Waals surface area contributed by atoms with Gasteiger partial charge >= 0.3 is 0 Å². The van der Waals surface area contributed by atoms with Crippen LogP contribution in [0.2, 0.25) is 0 Å². The predicted octanol–water partition coefficient (Wildman–Crippen LogP) is 2.32. The number of thioether (sulfide) groups is 1. The Balaban J connectivity index is 1.75. The number of nitrogens with one attached hydrogen (secondary N) is 2. The lowest BCUT2D eigenvalue weighted by atomic mass is 9.97. The summed E-state index contributed by atoms with van der Waals surface area (Å²) in [6.07, 6.45) is 2.42. The molecule has 4 nitrogen and oxygen atoms in total. The first-order valence-electron chi connectivity index (χ1n) is 7.06. The summed E-state index contributed by atoms with van der Waals surface area (Å²) in [6, 6.07) is 6.24. The van der Waals surface area contributed by atoms with Crippen LogP contribution in [0.25, 0.3) is 11.0 Å². The number of likely N-dealkylation sites (N-methyl/N-ethyl adjacent to an activating group) is 1. The molecule has 108 valence electrons. The molecule has 1 aromatic carbocycles. The lowest BCUT2D eigenvalue weighted by Crippen LogP contribution is -2.51. The summed E-state index contributed by atoms with van der Waals surface area (Å²) in [5.74, 6) is 1.43. The molecule has 3 rings (SSSR count). The maximum atomic E-state index is 9.73. The second kappa shape index (κ2) is 5.39. The fourth-order valence-electron chi connectivity index (χ4n) is 2.65. The van der Waals surface area contributed by atoms with E-state index in [4.69, 9.17) is 0 Å². The van der Waals surface area contributed by atoms with Crippen LogP contribution in [0.4, 0.5) is 0 Å². The van der Waals surface area contributed by atoms with Crippen LogP contribution in [-0.4, -0.2) is 40.0 Å². The van der Waals surface area contributed by atoms with Gasteiger partial charge in [0.25, 0.3) is 0 Å². The van der Waals surface area contributed by atoms with E-state index in [2.05, 4.69) is 34.3 Å². The Morgan fingerprint density at radius 1 is 1.50 bits per heavy atom. The Labute approximate surface area is 123 Å². The summed E-state index contributed by atoms with van der Waals surface area (Å²) in [5, 5.41) is 14.0. The summed E-state index contributed by atoms with van der Waals surface area (Å²) in [5.41, 5.74) is 3.15. The number of rotatable bonds is 6. The van der Waals surface area contributed by atoms with Gasteiger partial charge in [-0.2, -0.15) is 0 Å². The molecule has 0 radical (unpaired) electrons. The Bertz CT molecular complexity index is 602. The molecule has 1 saturated carbocycles. The average Bonchev–Trinajstić information content (AvgIpc) is 3.22. The maximum Gasteiger partial charge on any atom is 0.166 e. The van der Waals surface area contributed by atoms with Crippen LogP contribution in [0.5, 0.6) is 0 Å². The Hall–Kier alpha value is -1.04. The average molecular weight is 291 g/mol. The Morgan fingerprint density at radius 2 is 2.30 bits per heavy atom. The largest absolute Gasteiger partial charge is 0.394 e. The second-order valence-corrected chi connectivity index (χ2v) is 6.65. The van der Waals surface area contributed by atoms with Crippen LogP contribution in [0.3, 0.4) is 0 Å². The van der Waals surface area contributed by atoms with Crippen molar-refractivity contribution in [3.8, 4) is 0 Å². The van der Waals surface area contributed by atoms with E-state index in [0.29, 0.717) is 5.92 Å². The third kappa shape index (κ3) is 2.57. The molecular formula is C15H21N3OS. The zero-order valence-electron chi connectivity index (χ0n) is 11.9. The molecule has 1 aliphatic rings. The van der Waals surface area contributed by atoms with Crippen LogP contribution >= 0.6 is 11.8 Å². The van der Waals surface area contributed by atoms with Crippen molar-refractivity contribution < 1.29 is 5.11 Å². The molecule has 5 heteroatoms. The third-order valence-electron chi connectivity index (χ3n) is 4.22. The number of imidazole rings is 1. The highest BCUT2D eigenvalue weighted by Gasteiger charge is 2.43.